The van der Waals surface area contributed by atoms with Crippen LogP contribution in [0.15, 0.2) is 23.1 Å². The molecule has 166 valence electrons. The van der Waals surface area contributed by atoms with Crippen molar-refractivity contribution in [3.05, 3.63) is 18.2 Å². The second-order valence-electron chi connectivity index (χ2n) is 7.96. The van der Waals surface area contributed by atoms with E-state index in [0.717, 1.165) is 31.2 Å². The number of sulfone groups is 1. The van der Waals surface area contributed by atoms with E-state index in [4.69, 9.17) is 9.47 Å². The zero-order valence-corrected chi connectivity index (χ0v) is 18.9. The molecule has 9 heteroatoms. The number of fused-ring (bicyclic) bond motifs is 1. The summed E-state index contributed by atoms with van der Waals surface area (Å²) in [5.41, 5.74) is 1.45. The van der Waals surface area contributed by atoms with Gasteiger partial charge in [-0.05, 0) is 50.8 Å². The standard InChI is InChI=1S/C21H31N3O5S/c1-5-30(26,27)18-10-11-19-20(12-18)24(4)21(23-19)29-17-8-6-16(7-9-17)28-13-14(2)22-15(3)25/h10-12,14,16-17H,5-9,13H2,1-4H3,(H,22,25)/t14-,16?,17?/m0/s1. The molecule has 8 nitrogen and oxygen atoms in total. The van der Waals surface area contributed by atoms with E-state index in [0.29, 0.717) is 23.0 Å². The number of aromatic nitrogens is 2. The third kappa shape index (κ3) is 5.31. The van der Waals surface area contributed by atoms with Gasteiger partial charge in [-0.3, -0.25) is 9.36 Å². The highest BCUT2D eigenvalue weighted by Gasteiger charge is 2.25. The summed E-state index contributed by atoms with van der Waals surface area (Å²) in [5.74, 6) is 0.0133. The first-order valence-corrected chi connectivity index (χ1v) is 12.1. The summed E-state index contributed by atoms with van der Waals surface area (Å²) in [6.45, 7) is 5.57. The van der Waals surface area contributed by atoms with Gasteiger partial charge >= 0.3 is 0 Å². The fourth-order valence-corrected chi connectivity index (χ4v) is 4.65. The number of benzene rings is 1. The Balaban J connectivity index is 1.58. The first kappa shape index (κ1) is 22.6. The molecule has 0 unspecified atom stereocenters. The number of imidazole rings is 1. The van der Waals surface area contributed by atoms with Gasteiger partial charge in [0.25, 0.3) is 6.01 Å². The lowest BCUT2D eigenvalue weighted by Gasteiger charge is -2.29. The predicted molar refractivity (Wildman–Crippen MR) is 114 cm³/mol. The molecule has 0 spiro atoms. The quantitative estimate of drug-likeness (QED) is 0.681. The van der Waals surface area contributed by atoms with Gasteiger partial charge in [-0.25, -0.2) is 8.42 Å². The van der Waals surface area contributed by atoms with Crippen LogP contribution < -0.4 is 10.1 Å². The minimum atomic E-state index is -3.27. The van der Waals surface area contributed by atoms with E-state index in [2.05, 4.69) is 10.3 Å². The van der Waals surface area contributed by atoms with E-state index in [1.54, 1.807) is 25.1 Å². The average Bonchev–Trinajstić information content (AvgIpc) is 3.02. The normalized spacial score (nSPS) is 20.8. The molecule has 1 amide bonds. The van der Waals surface area contributed by atoms with Crippen LogP contribution in [0.4, 0.5) is 0 Å². The first-order valence-electron chi connectivity index (χ1n) is 10.4. The molecule has 1 N–H and O–H groups in total. The van der Waals surface area contributed by atoms with Gasteiger partial charge in [0.1, 0.15) is 6.10 Å². The fraction of sp³-hybridized carbons (Fsp3) is 0.619. The molecule has 1 aliphatic rings. The molecule has 0 aliphatic heterocycles. The molecule has 0 saturated heterocycles. The minimum absolute atomic E-state index is 0.00196. The van der Waals surface area contributed by atoms with Crippen LogP contribution in [-0.2, 0) is 26.4 Å². The topological polar surface area (TPSA) is 99.5 Å². The van der Waals surface area contributed by atoms with Crippen molar-refractivity contribution in [1.29, 1.82) is 0 Å². The Morgan fingerprint density at radius 3 is 2.57 bits per heavy atom. The van der Waals surface area contributed by atoms with Crippen molar-refractivity contribution in [2.24, 2.45) is 7.05 Å². The molecular formula is C21H31N3O5S. The Morgan fingerprint density at radius 1 is 1.27 bits per heavy atom. The van der Waals surface area contributed by atoms with Gasteiger partial charge in [0.15, 0.2) is 9.84 Å². The highest BCUT2D eigenvalue weighted by Crippen LogP contribution is 2.28. The summed E-state index contributed by atoms with van der Waals surface area (Å²) in [5, 5.41) is 2.82. The SMILES string of the molecule is CCS(=O)(=O)c1ccc2nc(OC3CCC(OC[C@H](C)NC(C)=O)CC3)n(C)c2c1. The van der Waals surface area contributed by atoms with Crippen LogP contribution in [0.5, 0.6) is 6.01 Å². The van der Waals surface area contributed by atoms with Crippen LogP contribution in [-0.4, -0.2) is 54.5 Å². The van der Waals surface area contributed by atoms with Gasteiger partial charge in [0, 0.05) is 20.0 Å². The molecule has 1 fully saturated rings. The molecule has 1 heterocycles. The Morgan fingerprint density at radius 2 is 1.93 bits per heavy atom. The van der Waals surface area contributed by atoms with E-state index in [1.165, 1.54) is 6.92 Å². The molecule has 3 rings (SSSR count). The largest absolute Gasteiger partial charge is 0.461 e. The van der Waals surface area contributed by atoms with E-state index in [-0.39, 0.29) is 29.9 Å². The second kappa shape index (κ2) is 9.34. The van der Waals surface area contributed by atoms with E-state index < -0.39 is 9.84 Å². The van der Waals surface area contributed by atoms with Gasteiger partial charge in [0.05, 0.1) is 34.4 Å². The zero-order valence-electron chi connectivity index (χ0n) is 18.1. The lowest BCUT2D eigenvalue weighted by Crippen LogP contribution is -2.37. The summed E-state index contributed by atoms with van der Waals surface area (Å²) < 4.78 is 38.2. The number of hydrogen-bond acceptors (Lipinski definition) is 6. The maximum Gasteiger partial charge on any atom is 0.297 e. The summed E-state index contributed by atoms with van der Waals surface area (Å²) in [6, 6.07) is 5.49. The summed E-state index contributed by atoms with van der Waals surface area (Å²) in [6.07, 6.45) is 3.71. The van der Waals surface area contributed by atoms with Crippen molar-refractivity contribution in [3.8, 4) is 6.01 Å². The van der Waals surface area contributed by atoms with Crippen molar-refractivity contribution < 1.29 is 22.7 Å². The zero-order chi connectivity index (χ0) is 21.9. The molecule has 0 bridgehead atoms. The van der Waals surface area contributed by atoms with Crippen molar-refractivity contribution in [1.82, 2.24) is 14.9 Å². The molecule has 2 aromatic rings. The van der Waals surface area contributed by atoms with Crippen LogP contribution in [0.25, 0.3) is 11.0 Å². The van der Waals surface area contributed by atoms with Crippen LogP contribution >= 0.6 is 0 Å². The van der Waals surface area contributed by atoms with E-state index in [1.807, 2.05) is 18.5 Å². The molecule has 1 saturated carbocycles. The van der Waals surface area contributed by atoms with Gasteiger partial charge < -0.3 is 14.8 Å². The Hall–Kier alpha value is -2.13. The molecule has 1 aliphatic carbocycles. The molecule has 1 atom stereocenters. The first-order chi connectivity index (χ1) is 14.2. The number of rotatable bonds is 8. The second-order valence-corrected chi connectivity index (χ2v) is 10.2. The molecule has 30 heavy (non-hydrogen) atoms. The highest BCUT2D eigenvalue weighted by molar-refractivity contribution is 7.91. The smallest absolute Gasteiger partial charge is 0.297 e. The van der Waals surface area contributed by atoms with Gasteiger partial charge in [-0.1, -0.05) is 6.92 Å². The molecule has 1 aromatic heterocycles. The Bertz CT molecular complexity index is 993. The average molecular weight is 438 g/mol. The number of nitrogens with zero attached hydrogens (tertiary/aromatic N) is 2. The van der Waals surface area contributed by atoms with Gasteiger partial charge in [-0.15, -0.1) is 0 Å². The lowest BCUT2D eigenvalue weighted by atomic mass is 9.95. The summed E-state index contributed by atoms with van der Waals surface area (Å²) in [4.78, 5) is 15.9. The van der Waals surface area contributed by atoms with Crippen LogP contribution in [0, 0.1) is 0 Å². The van der Waals surface area contributed by atoms with E-state index in [9.17, 15) is 13.2 Å². The lowest BCUT2D eigenvalue weighted by molar-refractivity contribution is -0.120. The Labute approximate surface area is 177 Å². The number of hydrogen-bond donors (Lipinski definition) is 1. The van der Waals surface area contributed by atoms with Gasteiger partial charge in [-0.2, -0.15) is 4.98 Å². The van der Waals surface area contributed by atoms with E-state index >= 15 is 0 Å². The third-order valence-corrected chi connectivity index (χ3v) is 7.21. The van der Waals surface area contributed by atoms with Crippen molar-refractivity contribution in [2.45, 2.75) is 69.6 Å². The summed E-state index contributed by atoms with van der Waals surface area (Å²) >= 11 is 0. The minimum Gasteiger partial charge on any atom is -0.461 e. The monoisotopic (exact) mass is 437 g/mol. The van der Waals surface area contributed by atoms with Crippen molar-refractivity contribution in [3.63, 3.8) is 0 Å². The Kier molecular flexibility index (Phi) is 7.02. The van der Waals surface area contributed by atoms with Crippen LogP contribution in [0.3, 0.4) is 0 Å². The number of aryl methyl sites for hydroxylation is 1. The number of nitrogens with one attached hydrogen (secondary N) is 1. The fourth-order valence-electron chi connectivity index (χ4n) is 3.75. The third-order valence-electron chi connectivity index (χ3n) is 5.48. The highest BCUT2D eigenvalue weighted by atomic mass is 32.2. The number of carbonyl (C=O) groups is 1. The van der Waals surface area contributed by atoms with Crippen LogP contribution in [0.2, 0.25) is 0 Å². The van der Waals surface area contributed by atoms with Crippen molar-refractivity contribution >= 4 is 26.8 Å². The molecule has 0 radical (unpaired) electrons. The number of amides is 1. The molecular weight excluding hydrogens is 406 g/mol. The summed E-state index contributed by atoms with van der Waals surface area (Å²) in [7, 11) is -1.43. The maximum atomic E-state index is 12.2. The maximum absolute atomic E-state index is 12.2. The van der Waals surface area contributed by atoms with Crippen molar-refractivity contribution in [2.75, 3.05) is 12.4 Å². The van der Waals surface area contributed by atoms with Crippen LogP contribution in [0.1, 0.15) is 46.5 Å². The molecule has 1 aromatic carbocycles. The number of carbonyl (C=O) groups excluding carboxylic acids is 1. The number of ether oxygens (including phenoxy) is 2. The van der Waals surface area contributed by atoms with Gasteiger partial charge in [0.2, 0.25) is 5.91 Å². The predicted octanol–water partition coefficient (Wildman–Crippen LogP) is 2.60.